The van der Waals surface area contributed by atoms with Crippen LogP contribution in [-0.4, -0.2) is 51.4 Å². The number of amides is 1. The van der Waals surface area contributed by atoms with Crippen LogP contribution in [0.1, 0.15) is 45.5 Å². The Labute approximate surface area is 178 Å². The van der Waals surface area contributed by atoms with Crippen LogP contribution in [0.5, 0.6) is 0 Å². The molecular formula is C21H27F2N5O3. The summed E-state index contributed by atoms with van der Waals surface area (Å²) in [4.78, 5) is 30.9. The molecule has 0 radical (unpaired) electrons. The van der Waals surface area contributed by atoms with Crippen LogP contribution < -0.4 is 16.3 Å². The third-order valence-electron chi connectivity index (χ3n) is 6.24. The smallest absolute Gasteiger partial charge is 0.407 e. The molecule has 1 aromatic carbocycles. The number of nitrogens with zero attached hydrogens (tertiary/aromatic N) is 4. The van der Waals surface area contributed by atoms with Gasteiger partial charge in [0, 0.05) is 6.54 Å². The van der Waals surface area contributed by atoms with Crippen LogP contribution in [0.2, 0.25) is 0 Å². The van der Waals surface area contributed by atoms with Crippen LogP contribution in [0.15, 0.2) is 16.9 Å². The molecule has 168 valence electrons. The van der Waals surface area contributed by atoms with E-state index in [9.17, 15) is 23.5 Å². The Kier molecular flexibility index (Phi) is 5.15. The van der Waals surface area contributed by atoms with E-state index in [1.807, 2.05) is 20.8 Å². The first-order chi connectivity index (χ1) is 14.5. The summed E-state index contributed by atoms with van der Waals surface area (Å²) in [5.41, 5.74) is 4.90. The zero-order chi connectivity index (χ0) is 22.7. The lowest BCUT2D eigenvalue weighted by Gasteiger charge is -2.47. The lowest BCUT2D eigenvalue weighted by Crippen LogP contribution is -2.64. The second-order valence-electron chi connectivity index (χ2n) is 9.47. The predicted molar refractivity (Wildman–Crippen MR) is 111 cm³/mol. The van der Waals surface area contributed by atoms with E-state index < -0.39 is 46.2 Å². The molecule has 2 aliphatic rings. The minimum atomic E-state index is -1.04. The van der Waals surface area contributed by atoms with Gasteiger partial charge in [-0.3, -0.25) is 4.79 Å². The van der Waals surface area contributed by atoms with Gasteiger partial charge in [-0.25, -0.2) is 23.2 Å². The van der Waals surface area contributed by atoms with Crippen molar-refractivity contribution in [3.05, 3.63) is 39.9 Å². The van der Waals surface area contributed by atoms with Gasteiger partial charge in [0.2, 0.25) is 0 Å². The van der Waals surface area contributed by atoms with Crippen molar-refractivity contribution in [2.45, 2.75) is 45.7 Å². The maximum Gasteiger partial charge on any atom is 0.407 e. The number of nitrogens with two attached hydrogens (primary N) is 1. The third-order valence-corrected chi connectivity index (χ3v) is 6.24. The summed E-state index contributed by atoms with van der Waals surface area (Å²) in [6, 6.07) is 0.822. The lowest BCUT2D eigenvalue weighted by molar-refractivity contribution is 0.0682. The highest BCUT2D eigenvalue weighted by Crippen LogP contribution is 2.39. The zero-order valence-corrected chi connectivity index (χ0v) is 17.8. The molecule has 1 aliphatic heterocycles. The highest BCUT2D eigenvalue weighted by Gasteiger charge is 2.40. The molecule has 2 atom stereocenters. The summed E-state index contributed by atoms with van der Waals surface area (Å²) >= 11 is 0. The molecule has 1 aromatic heterocycles. The van der Waals surface area contributed by atoms with Crippen LogP contribution in [0.25, 0.3) is 10.9 Å². The van der Waals surface area contributed by atoms with E-state index in [4.69, 9.17) is 5.73 Å². The molecule has 2 aromatic rings. The topological polar surface area (TPSA) is 105 Å². The van der Waals surface area contributed by atoms with Gasteiger partial charge in [-0.2, -0.15) is 0 Å². The van der Waals surface area contributed by atoms with E-state index in [1.54, 1.807) is 5.01 Å². The molecule has 1 unspecified atom stereocenters. The molecule has 4 rings (SSSR count). The second kappa shape index (κ2) is 7.44. The van der Waals surface area contributed by atoms with Crippen LogP contribution in [0.3, 0.4) is 0 Å². The molecule has 2 heterocycles. The van der Waals surface area contributed by atoms with Crippen molar-refractivity contribution in [1.29, 1.82) is 0 Å². The summed E-state index contributed by atoms with van der Waals surface area (Å²) < 4.78 is 30.2. The van der Waals surface area contributed by atoms with Gasteiger partial charge in [0.15, 0.2) is 0 Å². The summed E-state index contributed by atoms with van der Waals surface area (Å²) in [7, 11) is 0. The molecule has 1 amide bonds. The Morgan fingerprint density at radius 3 is 2.45 bits per heavy atom. The number of carbonyl (C=O) groups is 1. The minimum absolute atomic E-state index is 0.117. The minimum Gasteiger partial charge on any atom is -0.465 e. The van der Waals surface area contributed by atoms with Gasteiger partial charge in [-0.15, -0.1) is 0 Å². The average molecular weight is 435 g/mol. The Morgan fingerprint density at radius 1 is 1.23 bits per heavy atom. The van der Waals surface area contributed by atoms with E-state index in [-0.39, 0.29) is 36.9 Å². The number of rotatable bonds is 3. The number of carboxylic acid groups (broad SMARTS) is 1. The van der Waals surface area contributed by atoms with E-state index in [1.165, 1.54) is 9.58 Å². The van der Waals surface area contributed by atoms with Crippen molar-refractivity contribution in [3.8, 4) is 0 Å². The van der Waals surface area contributed by atoms with Crippen molar-refractivity contribution < 1.29 is 18.7 Å². The Morgan fingerprint density at radius 2 is 1.87 bits per heavy atom. The number of fused-ring (bicyclic) bond motifs is 1. The van der Waals surface area contributed by atoms with Crippen molar-refractivity contribution >= 4 is 17.0 Å². The highest BCUT2D eigenvalue weighted by atomic mass is 19.1. The van der Waals surface area contributed by atoms with Gasteiger partial charge in [-0.1, -0.05) is 20.8 Å². The van der Waals surface area contributed by atoms with Gasteiger partial charge >= 0.3 is 6.09 Å². The maximum atomic E-state index is 14.6. The molecule has 1 saturated heterocycles. The number of piperazine rings is 1. The molecule has 0 spiro atoms. The second-order valence-corrected chi connectivity index (χ2v) is 9.47. The fourth-order valence-electron chi connectivity index (χ4n) is 4.30. The first-order valence-electron chi connectivity index (χ1n) is 10.4. The first-order valence-corrected chi connectivity index (χ1v) is 10.4. The molecule has 2 fully saturated rings. The van der Waals surface area contributed by atoms with E-state index >= 15 is 0 Å². The number of hydrogen-bond donors (Lipinski definition) is 2. The summed E-state index contributed by atoms with van der Waals surface area (Å²) in [5.74, 6) is -1.34. The average Bonchev–Trinajstić information content (AvgIpc) is 3.54. The maximum absolute atomic E-state index is 14.6. The number of halogens is 2. The van der Waals surface area contributed by atoms with Gasteiger partial charge in [-0.05, 0) is 36.3 Å². The standard InChI is InChI=1S/C21H27F2N5O3/c1-21(2,3)14-10-26(8-9-27(14)20(30)31)28-18(16(24)11-4-5-11)25-17-13(23)7-6-12(22)15(17)19(28)29/h6-7,11,14,16H,4-5,8-10,24H2,1-3H3,(H,30,31)/t14-,16?/m1/s1. The fourth-order valence-corrected chi connectivity index (χ4v) is 4.30. The van der Waals surface area contributed by atoms with Crippen LogP contribution >= 0.6 is 0 Å². The molecule has 1 aliphatic carbocycles. The normalized spacial score (nSPS) is 20.9. The molecule has 8 nitrogen and oxygen atoms in total. The third kappa shape index (κ3) is 3.73. The van der Waals surface area contributed by atoms with Crippen molar-refractivity contribution in [2.24, 2.45) is 17.1 Å². The largest absolute Gasteiger partial charge is 0.465 e. The number of benzene rings is 1. The summed E-state index contributed by atoms with van der Waals surface area (Å²) in [6.07, 6.45) is 0.711. The Bertz CT molecular complexity index is 1090. The molecule has 3 N–H and O–H groups in total. The van der Waals surface area contributed by atoms with Gasteiger partial charge in [0.25, 0.3) is 5.56 Å². The predicted octanol–water partition coefficient (Wildman–Crippen LogP) is 2.43. The van der Waals surface area contributed by atoms with Gasteiger partial charge in [0.1, 0.15) is 28.4 Å². The number of hydrogen-bond acceptors (Lipinski definition) is 5. The monoisotopic (exact) mass is 435 g/mol. The lowest BCUT2D eigenvalue weighted by atomic mass is 9.84. The molecule has 0 bridgehead atoms. The van der Waals surface area contributed by atoms with Crippen LogP contribution in [-0.2, 0) is 0 Å². The van der Waals surface area contributed by atoms with Crippen LogP contribution in [0, 0.1) is 23.0 Å². The van der Waals surface area contributed by atoms with E-state index in [0.29, 0.717) is 0 Å². The first kappa shape index (κ1) is 21.5. The number of aromatic nitrogens is 2. The molecule has 31 heavy (non-hydrogen) atoms. The molecular weight excluding hydrogens is 408 g/mol. The highest BCUT2D eigenvalue weighted by molar-refractivity contribution is 5.79. The van der Waals surface area contributed by atoms with Crippen molar-refractivity contribution in [3.63, 3.8) is 0 Å². The SMILES string of the molecule is CC(C)(C)[C@H]1CN(n2c(C(N)C3CC3)nc3c(F)ccc(F)c3c2=O)CCN1C(=O)O. The van der Waals surface area contributed by atoms with Crippen molar-refractivity contribution in [2.75, 3.05) is 24.6 Å². The van der Waals surface area contributed by atoms with Crippen molar-refractivity contribution in [1.82, 2.24) is 14.6 Å². The Hall–Kier alpha value is -2.75. The fraction of sp³-hybridized carbons (Fsp3) is 0.571. The molecule has 1 saturated carbocycles. The van der Waals surface area contributed by atoms with E-state index in [0.717, 1.165) is 25.0 Å². The van der Waals surface area contributed by atoms with E-state index in [2.05, 4.69) is 4.98 Å². The van der Waals surface area contributed by atoms with Gasteiger partial charge < -0.3 is 20.7 Å². The quantitative estimate of drug-likeness (QED) is 0.767. The Balaban J connectivity index is 1.89. The van der Waals surface area contributed by atoms with Crippen LogP contribution in [0.4, 0.5) is 13.6 Å². The van der Waals surface area contributed by atoms with Gasteiger partial charge in [0.05, 0.1) is 25.2 Å². The summed E-state index contributed by atoms with van der Waals surface area (Å²) in [6.45, 7) is 6.32. The summed E-state index contributed by atoms with van der Waals surface area (Å²) in [5, 5.41) is 10.9. The zero-order valence-electron chi connectivity index (χ0n) is 17.8. The molecule has 10 heteroatoms.